The fourth-order valence-corrected chi connectivity index (χ4v) is 1.46. The molecule has 1 aromatic rings. The van der Waals surface area contributed by atoms with Crippen molar-refractivity contribution in [1.82, 2.24) is 4.98 Å². The van der Waals surface area contributed by atoms with Crippen LogP contribution < -0.4 is 0 Å². The van der Waals surface area contributed by atoms with Crippen LogP contribution in [0.4, 0.5) is 0 Å². The zero-order valence-corrected chi connectivity index (χ0v) is 8.06. The van der Waals surface area contributed by atoms with Gasteiger partial charge in [-0.05, 0) is 22.0 Å². The zero-order valence-electron chi connectivity index (χ0n) is 5.72. The van der Waals surface area contributed by atoms with E-state index in [1.54, 1.807) is 12.3 Å². The predicted molar refractivity (Wildman–Crippen MR) is 47.7 cm³/mol. The minimum Gasteiger partial charge on any atom is -0.396 e. The maximum Gasteiger partial charge on any atom is 0.0633 e. The summed E-state index contributed by atoms with van der Waals surface area (Å²) in [5, 5.41) is 9.19. The second-order valence-electron chi connectivity index (χ2n) is 2.06. The number of pyridine rings is 1. The van der Waals surface area contributed by atoms with Crippen molar-refractivity contribution in [3.05, 3.63) is 27.5 Å². The van der Waals surface area contributed by atoms with E-state index in [9.17, 15) is 0 Å². The van der Waals surface area contributed by atoms with Gasteiger partial charge in [0.05, 0.1) is 10.7 Å². The Morgan fingerprint density at radius 3 is 2.91 bits per heavy atom. The van der Waals surface area contributed by atoms with Crippen LogP contribution in [0.1, 0.15) is 5.69 Å². The molecule has 1 N–H and O–H groups in total. The van der Waals surface area contributed by atoms with Crippen molar-refractivity contribution in [3.8, 4) is 0 Å². The lowest BCUT2D eigenvalue weighted by Crippen LogP contribution is -1.94. The highest BCUT2D eigenvalue weighted by molar-refractivity contribution is 9.10. The Balaban J connectivity index is 2.90. The van der Waals surface area contributed by atoms with Crippen molar-refractivity contribution in [2.24, 2.45) is 0 Å². The van der Waals surface area contributed by atoms with E-state index in [0.717, 1.165) is 10.2 Å². The van der Waals surface area contributed by atoms with Crippen molar-refractivity contribution in [2.45, 2.75) is 6.42 Å². The summed E-state index contributed by atoms with van der Waals surface area (Å²) in [5.41, 5.74) is 0.734. The minimum atomic E-state index is 0.0777. The summed E-state index contributed by atoms with van der Waals surface area (Å²) in [5.74, 6) is 0. The number of aliphatic hydroxyl groups excluding tert-OH is 1. The first-order valence-electron chi connectivity index (χ1n) is 3.15. The molecule has 1 aromatic heterocycles. The molecule has 4 heteroatoms. The normalized spacial score (nSPS) is 10.1. The average molecular weight is 236 g/mol. The monoisotopic (exact) mass is 235 g/mol. The maximum atomic E-state index is 8.60. The molecule has 0 aliphatic rings. The third-order valence-electron chi connectivity index (χ3n) is 1.23. The fourth-order valence-electron chi connectivity index (χ4n) is 0.733. The number of halogens is 2. The molecule has 2 nitrogen and oxygen atoms in total. The highest BCUT2D eigenvalue weighted by Gasteiger charge is 2.00. The molecule has 0 aromatic carbocycles. The van der Waals surface area contributed by atoms with Crippen molar-refractivity contribution < 1.29 is 5.11 Å². The fraction of sp³-hybridized carbons (Fsp3) is 0.286. The Morgan fingerprint density at radius 1 is 1.64 bits per heavy atom. The SMILES string of the molecule is OCCc1ncc(Br)cc1Cl. The van der Waals surface area contributed by atoms with Crippen LogP contribution in [0, 0.1) is 0 Å². The van der Waals surface area contributed by atoms with E-state index in [1.165, 1.54) is 0 Å². The molecular weight excluding hydrogens is 229 g/mol. The molecule has 0 aliphatic heterocycles. The van der Waals surface area contributed by atoms with Gasteiger partial charge in [0.2, 0.25) is 0 Å². The summed E-state index contributed by atoms with van der Waals surface area (Å²) in [7, 11) is 0. The molecular formula is C7H7BrClNO. The topological polar surface area (TPSA) is 33.1 Å². The molecule has 60 valence electrons. The van der Waals surface area contributed by atoms with Gasteiger partial charge >= 0.3 is 0 Å². The lowest BCUT2D eigenvalue weighted by atomic mass is 10.3. The van der Waals surface area contributed by atoms with E-state index >= 15 is 0 Å². The molecule has 11 heavy (non-hydrogen) atoms. The van der Waals surface area contributed by atoms with Gasteiger partial charge < -0.3 is 5.11 Å². The molecule has 0 spiro atoms. The Hall–Kier alpha value is -0.120. The summed E-state index contributed by atoms with van der Waals surface area (Å²) in [6, 6.07) is 1.76. The Bertz CT molecular complexity index is 254. The lowest BCUT2D eigenvalue weighted by molar-refractivity contribution is 0.298. The van der Waals surface area contributed by atoms with Gasteiger partial charge in [-0.2, -0.15) is 0 Å². The van der Waals surface area contributed by atoms with E-state index in [-0.39, 0.29) is 6.61 Å². The molecule has 0 saturated heterocycles. The third-order valence-corrected chi connectivity index (χ3v) is 1.99. The lowest BCUT2D eigenvalue weighted by Gasteiger charge is -1.99. The van der Waals surface area contributed by atoms with Crippen molar-refractivity contribution in [3.63, 3.8) is 0 Å². The van der Waals surface area contributed by atoms with Gasteiger partial charge in [0.15, 0.2) is 0 Å². The first kappa shape index (κ1) is 8.97. The van der Waals surface area contributed by atoms with E-state index < -0.39 is 0 Å². The number of hydrogen-bond donors (Lipinski definition) is 1. The highest BCUT2D eigenvalue weighted by Crippen LogP contribution is 2.18. The van der Waals surface area contributed by atoms with Crippen LogP contribution in [-0.4, -0.2) is 16.7 Å². The minimum absolute atomic E-state index is 0.0777. The molecule has 1 heterocycles. The van der Waals surface area contributed by atoms with Crippen LogP contribution in [0.15, 0.2) is 16.7 Å². The smallest absolute Gasteiger partial charge is 0.0633 e. The highest BCUT2D eigenvalue weighted by atomic mass is 79.9. The number of aliphatic hydroxyl groups is 1. The van der Waals surface area contributed by atoms with Crippen molar-refractivity contribution >= 4 is 27.5 Å². The van der Waals surface area contributed by atoms with Crippen LogP contribution >= 0.6 is 27.5 Å². The quantitative estimate of drug-likeness (QED) is 0.852. The first-order chi connectivity index (χ1) is 5.24. The van der Waals surface area contributed by atoms with Gasteiger partial charge in [0.25, 0.3) is 0 Å². The largest absolute Gasteiger partial charge is 0.396 e. The van der Waals surface area contributed by atoms with Crippen LogP contribution in [0.25, 0.3) is 0 Å². The number of nitrogens with zero attached hydrogens (tertiary/aromatic N) is 1. The summed E-state index contributed by atoms with van der Waals surface area (Å²) in [6.07, 6.45) is 2.17. The summed E-state index contributed by atoms with van der Waals surface area (Å²) in [4.78, 5) is 4.03. The standard InChI is InChI=1S/C7H7BrClNO/c8-5-3-6(9)7(1-2-11)10-4-5/h3-4,11H,1-2H2. The second kappa shape index (κ2) is 4.04. The molecule has 0 atom stereocenters. The third kappa shape index (κ3) is 2.43. The number of hydrogen-bond acceptors (Lipinski definition) is 2. The first-order valence-corrected chi connectivity index (χ1v) is 4.32. The van der Waals surface area contributed by atoms with Crippen LogP contribution in [0.3, 0.4) is 0 Å². The van der Waals surface area contributed by atoms with Gasteiger partial charge in [0.1, 0.15) is 0 Å². The molecule has 0 amide bonds. The molecule has 0 unspecified atom stereocenters. The Labute approximate surface area is 78.3 Å². The Kier molecular flexibility index (Phi) is 3.30. The van der Waals surface area contributed by atoms with Crippen LogP contribution in [0.2, 0.25) is 5.02 Å². The van der Waals surface area contributed by atoms with Gasteiger partial charge in [-0.1, -0.05) is 11.6 Å². The van der Waals surface area contributed by atoms with E-state index in [2.05, 4.69) is 20.9 Å². The number of aromatic nitrogens is 1. The van der Waals surface area contributed by atoms with E-state index in [1.807, 2.05) is 0 Å². The Morgan fingerprint density at radius 2 is 2.36 bits per heavy atom. The van der Waals surface area contributed by atoms with Gasteiger partial charge in [-0.15, -0.1) is 0 Å². The zero-order chi connectivity index (χ0) is 8.27. The number of rotatable bonds is 2. The summed E-state index contributed by atoms with van der Waals surface area (Å²) >= 11 is 9.04. The van der Waals surface area contributed by atoms with Crippen molar-refractivity contribution in [2.75, 3.05) is 6.61 Å². The molecule has 0 fully saturated rings. The summed E-state index contributed by atoms with van der Waals surface area (Å²) in [6.45, 7) is 0.0777. The average Bonchev–Trinajstić information content (AvgIpc) is 1.95. The predicted octanol–water partition coefficient (Wildman–Crippen LogP) is 2.03. The summed E-state index contributed by atoms with van der Waals surface area (Å²) < 4.78 is 0.851. The van der Waals surface area contributed by atoms with Crippen LogP contribution in [0.5, 0.6) is 0 Å². The molecule has 0 aliphatic carbocycles. The van der Waals surface area contributed by atoms with Crippen LogP contribution in [-0.2, 0) is 6.42 Å². The molecule has 0 bridgehead atoms. The van der Waals surface area contributed by atoms with Gasteiger partial charge in [0, 0.05) is 23.7 Å². The van der Waals surface area contributed by atoms with E-state index in [0.29, 0.717) is 11.4 Å². The second-order valence-corrected chi connectivity index (χ2v) is 3.38. The van der Waals surface area contributed by atoms with E-state index in [4.69, 9.17) is 16.7 Å². The molecule has 0 saturated carbocycles. The maximum absolute atomic E-state index is 8.60. The molecule has 1 rings (SSSR count). The van der Waals surface area contributed by atoms with Crippen molar-refractivity contribution in [1.29, 1.82) is 0 Å². The van der Waals surface area contributed by atoms with Gasteiger partial charge in [-0.25, -0.2) is 0 Å². The van der Waals surface area contributed by atoms with Gasteiger partial charge in [-0.3, -0.25) is 4.98 Å². The molecule has 0 radical (unpaired) electrons.